The Kier molecular flexibility index (Phi) is 6.51. The van der Waals surface area contributed by atoms with Gasteiger partial charge in [0.1, 0.15) is 5.82 Å². The van der Waals surface area contributed by atoms with Gasteiger partial charge < -0.3 is 18.9 Å². The van der Waals surface area contributed by atoms with Crippen LogP contribution in [0.1, 0.15) is 36.0 Å². The van der Waals surface area contributed by atoms with E-state index in [4.69, 9.17) is 14.5 Å². The number of halogens is 1. The van der Waals surface area contributed by atoms with Gasteiger partial charge in [-0.3, -0.25) is 0 Å². The molecule has 1 aromatic heterocycles. The summed E-state index contributed by atoms with van der Waals surface area (Å²) in [4.78, 5) is 19.2. The Morgan fingerprint density at radius 1 is 1.06 bits per heavy atom. The van der Waals surface area contributed by atoms with Gasteiger partial charge in [-0.1, -0.05) is 0 Å². The molecule has 0 N–H and O–H groups in total. The Morgan fingerprint density at radius 3 is 2.55 bits per heavy atom. The topological polar surface area (TPSA) is 56.6 Å². The molecule has 0 radical (unpaired) electrons. The fourth-order valence-corrected chi connectivity index (χ4v) is 4.24. The van der Waals surface area contributed by atoms with Crippen LogP contribution in [-0.2, 0) is 11.3 Å². The number of ether oxygens (including phenoxy) is 2. The number of imidazole rings is 1. The molecule has 1 aliphatic rings. The van der Waals surface area contributed by atoms with Crippen LogP contribution in [0.4, 0.5) is 4.39 Å². The van der Waals surface area contributed by atoms with Crippen molar-refractivity contribution in [3.05, 3.63) is 47.8 Å². The van der Waals surface area contributed by atoms with Gasteiger partial charge in [-0.15, -0.1) is 0 Å². The lowest BCUT2D eigenvalue weighted by atomic mass is 10.2. The third-order valence-corrected chi connectivity index (χ3v) is 5.88. The molecule has 0 aliphatic carbocycles. The molecule has 2 heterocycles. The predicted molar refractivity (Wildman–Crippen MR) is 118 cm³/mol. The molecular formula is C24H28FN3O3. The summed E-state index contributed by atoms with van der Waals surface area (Å²) in [6.45, 7) is 4.26. The maximum atomic E-state index is 14.4. The molecule has 6 nitrogen and oxygen atoms in total. The third kappa shape index (κ3) is 4.56. The van der Waals surface area contributed by atoms with E-state index >= 15 is 0 Å². The maximum absolute atomic E-state index is 14.4. The largest absolute Gasteiger partial charge is 0.494 e. The van der Waals surface area contributed by atoms with Gasteiger partial charge in [0.15, 0.2) is 11.6 Å². The highest BCUT2D eigenvalue weighted by Crippen LogP contribution is 2.29. The lowest BCUT2D eigenvalue weighted by Gasteiger charge is -2.15. The van der Waals surface area contributed by atoms with Gasteiger partial charge in [0.25, 0.3) is 0 Å². The summed E-state index contributed by atoms with van der Waals surface area (Å²) in [5.41, 5.74) is 2.73. The monoisotopic (exact) mass is 425 g/mol. The number of carbonyl (C=O) groups is 1. The summed E-state index contributed by atoms with van der Waals surface area (Å²) >= 11 is 0. The molecule has 0 spiro atoms. The van der Waals surface area contributed by atoms with Gasteiger partial charge in [-0.25, -0.2) is 14.2 Å². The van der Waals surface area contributed by atoms with Crippen molar-refractivity contribution in [2.75, 3.05) is 33.9 Å². The second kappa shape index (κ2) is 9.47. The van der Waals surface area contributed by atoms with Gasteiger partial charge in [-0.2, -0.15) is 0 Å². The molecule has 1 aliphatic heterocycles. The number of methoxy groups -OCH3 is 2. The van der Waals surface area contributed by atoms with Crippen molar-refractivity contribution in [1.29, 1.82) is 0 Å². The molecule has 4 rings (SSSR count). The molecule has 0 atom stereocenters. The summed E-state index contributed by atoms with van der Waals surface area (Å²) in [7, 11) is 2.80. The number of fused-ring (bicyclic) bond motifs is 1. The predicted octanol–water partition coefficient (Wildman–Crippen LogP) is 4.51. The van der Waals surface area contributed by atoms with Crippen LogP contribution in [0.15, 0.2) is 36.4 Å². The van der Waals surface area contributed by atoms with Crippen molar-refractivity contribution in [3.8, 4) is 17.1 Å². The highest BCUT2D eigenvalue weighted by atomic mass is 19.1. The van der Waals surface area contributed by atoms with Crippen LogP contribution in [0.25, 0.3) is 22.4 Å². The summed E-state index contributed by atoms with van der Waals surface area (Å²) in [5.74, 6) is 0.0479. The van der Waals surface area contributed by atoms with E-state index in [1.165, 1.54) is 46.2 Å². The fourth-order valence-electron chi connectivity index (χ4n) is 4.24. The van der Waals surface area contributed by atoms with Crippen molar-refractivity contribution in [1.82, 2.24) is 14.5 Å². The van der Waals surface area contributed by atoms with E-state index in [1.54, 1.807) is 18.2 Å². The number of unbranched alkanes of at least 4 members (excludes halogenated alkanes) is 1. The maximum Gasteiger partial charge on any atom is 0.337 e. The Hall–Kier alpha value is -2.93. The number of carbonyl (C=O) groups excluding carboxylic acids is 1. The van der Waals surface area contributed by atoms with Crippen LogP contribution < -0.4 is 4.74 Å². The fraction of sp³-hybridized carbons (Fsp3) is 0.417. The smallest absolute Gasteiger partial charge is 0.337 e. The van der Waals surface area contributed by atoms with Crippen LogP contribution in [-0.4, -0.2) is 54.3 Å². The van der Waals surface area contributed by atoms with E-state index in [2.05, 4.69) is 9.47 Å². The molecular weight excluding hydrogens is 397 g/mol. The number of rotatable bonds is 8. The number of nitrogens with zero attached hydrogens (tertiary/aromatic N) is 3. The number of esters is 1. The first-order chi connectivity index (χ1) is 15.1. The molecule has 1 fully saturated rings. The zero-order valence-corrected chi connectivity index (χ0v) is 18.1. The molecule has 0 bridgehead atoms. The van der Waals surface area contributed by atoms with E-state index in [-0.39, 0.29) is 5.75 Å². The zero-order valence-electron chi connectivity index (χ0n) is 18.1. The second-order valence-corrected chi connectivity index (χ2v) is 7.89. The Bertz CT molecular complexity index is 1070. The average molecular weight is 426 g/mol. The van der Waals surface area contributed by atoms with Gasteiger partial charge in [0.2, 0.25) is 0 Å². The zero-order chi connectivity index (χ0) is 21.8. The standard InChI is InChI=1S/C24H28FN3O3/c1-30-22-10-8-17(15-19(22)25)23-26-20-16-18(24(29)31-2)7-9-21(20)28(23)14-6-5-13-27-11-3-4-12-27/h7-10,15-16H,3-6,11-14H2,1-2H3. The molecule has 0 amide bonds. The van der Waals surface area contributed by atoms with Crippen molar-refractivity contribution in [2.24, 2.45) is 0 Å². The van der Waals surface area contributed by atoms with Crippen molar-refractivity contribution in [2.45, 2.75) is 32.2 Å². The minimum absolute atomic E-state index is 0.199. The number of aromatic nitrogens is 2. The van der Waals surface area contributed by atoms with Gasteiger partial charge in [0.05, 0.1) is 30.8 Å². The van der Waals surface area contributed by atoms with Crippen LogP contribution in [0, 0.1) is 5.82 Å². The van der Waals surface area contributed by atoms with E-state index in [0.717, 1.165) is 31.4 Å². The van der Waals surface area contributed by atoms with Crippen molar-refractivity contribution < 1.29 is 18.7 Å². The Labute approximate surface area is 181 Å². The van der Waals surface area contributed by atoms with Crippen molar-refractivity contribution >= 4 is 17.0 Å². The quantitative estimate of drug-likeness (QED) is 0.393. The summed E-state index contributed by atoms with van der Waals surface area (Å²) in [6, 6.07) is 10.2. The molecule has 7 heteroatoms. The molecule has 1 saturated heterocycles. The number of likely N-dealkylation sites (tertiary alicyclic amines) is 1. The normalized spacial score (nSPS) is 14.3. The first-order valence-electron chi connectivity index (χ1n) is 10.8. The van der Waals surface area contributed by atoms with Crippen LogP contribution in [0.3, 0.4) is 0 Å². The van der Waals surface area contributed by atoms with Crippen LogP contribution in [0.5, 0.6) is 5.75 Å². The number of hydrogen-bond acceptors (Lipinski definition) is 5. The minimum atomic E-state index is -0.428. The molecule has 3 aromatic rings. The number of aryl methyl sites for hydroxylation is 1. The number of benzene rings is 2. The molecule has 0 saturated carbocycles. The lowest BCUT2D eigenvalue weighted by molar-refractivity contribution is 0.0601. The minimum Gasteiger partial charge on any atom is -0.494 e. The van der Waals surface area contributed by atoms with Crippen LogP contribution in [0.2, 0.25) is 0 Å². The first kappa shape index (κ1) is 21.3. The summed E-state index contributed by atoms with van der Waals surface area (Å²) in [5, 5.41) is 0. The average Bonchev–Trinajstić information content (AvgIpc) is 3.43. The van der Waals surface area contributed by atoms with E-state index < -0.39 is 11.8 Å². The lowest BCUT2D eigenvalue weighted by Crippen LogP contribution is -2.20. The van der Waals surface area contributed by atoms with Crippen molar-refractivity contribution in [3.63, 3.8) is 0 Å². The summed E-state index contributed by atoms with van der Waals surface area (Å²) < 4.78 is 26.4. The summed E-state index contributed by atoms with van der Waals surface area (Å²) in [6.07, 6.45) is 4.67. The third-order valence-electron chi connectivity index (χ3n) is 5.88. The second-order valence-electron chi connectivity index (χ2n) is 7.89. The Balaban J connectivity index is 1.65. The molecule has 2 aromatic carbocycles. The van der Waals surface area contributed by atoms with Gasteiger partial charge in [0, 0.05) is 12.1 Å². The van der Waals surface area contributed by atoms with E-state index in [1.807, 2.05) is 12.1 Å². The molecule has 164 valence electrons. The first-order valence-corrected chi connectivity index (χ1v) is 10.8. The molecule has 0 unspecified atom stereocenters. The highest BCUT2D eigenvalue weighted by molar-refractivity contribution is 5.94. The van der Waals surface area contributed by atoms with E-state index in [0.29, 0.717) is 22.5 Å². The number of hydrogen-bond donors (Lipinski definition) is 0. The van der Waals surface area contributed by atoms with Gasteiger partial charge >= 0.3 is 5.97 Å². The molecule has 31 heavy (non-hydrogen) atoms. The Morgan fingerprint density at radius 2 is 1.84 bits per heavy atom. The SMILES string of the molecule is COC(=O)c1ccc2c(c1)nc(-c1ccc(OC)c(F)c1)n2CCCCN1CCCC1. The van der Waals surface area contributed by atoms with E-state index in [9.17, 15) is 9.18 Å². The van der Waals surface area contributed by atoms with Gasteiger partial charge in [-0.05, 0) is 81.7 Å². The van der Waals surface area contributed by atoms with Crippen LogP contribution >= 0.6 is 0 Å². The highest BCUT2D eigenvalue weighted by Gasteiger charge is 2.17.